The van der Waals surface area contributed by atoms with Crippen molar-refractivity contribution in [1.29, 1.82) is 0 Å². The first kappa shape index (κ1) is 28.6. The fourth-order valence-electron chi connectivity index (χ4n) is 7.38. The molecule has 236 valence electrons. The third kappa shape index (κ3) is 4.68. The number of carbonyl (C=O) groups is 2. The number of pyridine rings is 1. The molecule has 3 atom stereocenters. The first-order valence-corrected chi connectivity index (χ1v) is 15.9. The number of aryl methyl sites for hydroxylation is 1. The van der Waals surface area contributed by atoms with Gasteiger partial charge in [0.2, 0.25) is 0 Å². The summed E-state index contributed by atoms with van der Waals surface area (Å²) in [6, 6.07) is 17.7. The van der Waals surface area contributed by atoms with E-state index in [0.29, 0.717) is 40.9 Å². The number of carbonyl (C=O) groups excluding carboxylic acids is 2. The van der Waals surface area contributed by atoms with E-state index in [1.165, 1.54) is 20.0 Å². The Balaban J connectivity index is 1.19. The van der Waals surface area contributed by atoms with Crippen molar-refractivity contribution in [3.8, 4) is 28.5 Å². The predicted molar refractivity (Wildman–Crippen MR) is 176 cm³/mol. The highest BCUT2D eigenvalue weighted by Gasteiger charge is 2.47. The van der Waals surface area contributed by atoms with Crippen molar-refractivity contribution in [2.75, 3.05) is 26.1 Å². The fourth-order valence-corrected chi connectivity index (χ4v) is 7.38. The second-order valence-electron chi connectivity index (χ2n) is 12.9. The fraction of sp³-hybridized carbons (Fsp3) is 0.371. The highest BCUT2D eigenvalue weighted by Crippen LogP contribution is 2.40. The van der Waals surface area contributed by atoms with Crippen molar-refractivity contribution in [3.63, 3.8) is 0 Å². The Labute approximate surface area is 266 Å². The summed E-state index contributed by atoms with van der Waals surface area (Å²) in [5, 5.41) is 3.71. The average Bonchev–Trinajstić information content (AvgIpc) is 3.48. The van der Waals surface area contributed by atoms with Gasteiger partial charge in [0.25, 0.3) is 5.91 Å². The lowest BCUT2D eigenvalue weighted by Crippen LogP contribution is -2.41. The van der Waals surface area contributed by atoms with Gasteiger partial charge in [0.15, 0.2) is 5.82 Å². The maximum absolute atomic E-state index is 13.7. The van der Waals surface area contributed by atoms with Crippen molar-refractivity contribution in [2.24, 2.45) is 24.6 Å². The Morgan fingerprint density at radius 1 is 1.00 bits per heavy atom. The van der Waals surface area contributed by atoms with E-state index in [1.807, 2.05) is 54.4 Å². The number of likely N-dealkylation sites (tertiary alicyclic amines) is 1. The zero-order valence-corrected chi connectivity index (χ0v) is 26.2. The van der Waals surface area contributed by atoms with Gasteiger partial charge >= 0.3 is 6.09 Å². The molecule has 11 heteroatoms. The van der Waals surface area contributed by atoms with Crippen molar-refractivity contribution < 1.29 is 19.1 Å². The smallest absolute Gasteiger partial charge is 0.411 e. The van der Waals surface area contributed by atoms with Gasteiger partial charge < -0.3 is 29.2 Å². The van der Waals surface area contributed by atoms with E-state index in [1.54, 1.807) is 7.11 Å². The number of aromatic nitrogens is 4. The van der Waals surface area contributed by atoms with Crippen LogP contribution in [0.2, 0.25) is 0 Å². The number of imidazole rings is 1. The largest absolute Gasteiger partial charge is 0.494 e. The Kier molecular flexibility index (Phi) is 6.75. The topological polar surface area (TPSA) is 130 Å². The third-order valence-electron chi connectivity index (χ3n) is 10.0. The molecule has 2 saturated carbocycles. The van der Waals surface area contributed by atoms with Gasteiger partial charge in [0.1, 0.15) is 16.9 Å². The lowest BCUT2D eigenvalue weighted by atomic mass is 10.1. The second kappa shape index (κ2) is 10.9. The first-order chi connectivity index (χ1) is 22.3. The molecule has 1 saturated heterocycles. The van der Waals surface area contributed by atoms with Crippen molar-refractivity contribution in [3.05, 3.63) is 60.2 Å². The number of amides is 2. The molecule has 3 aliphatic rings. The molecule has 46 heavy (non-hydrogen) atoms. The van der Waals surface area contributed by atoms with Crippen LogP contribution in [0.5, 0.6) is 5.75 Å². The number of benzene rings is 2. The van der Waals surface area contributed by atoms with Crippen LogP contribution in [0.3, 0.4) is 0 Å². The van der Waals surface area contributed by atoms with Crippen molar-refractivity contribution in [2.45, 2.75) is 44.3 Å². The summed E-state index contributed by atoms with van der Waals surface area (Å²) in [6.45, 7) is 1.56. The summed E-state index contributed by atoms with van der Waals surface area (Å²) in [4.78, 5) is 37.5. The van der Waals surface area contributed by atoms with Crippen LogP contribution in [0, 0.1) is 11.8 Å². The van der Waals surface area contributed by atoms with Crippen LogP contribution >= 0.6 is 0 Å². The number of nitrogens with two attached hydrogens (primary N) is 1. The zero-order valence-electron chi connectivity index (χ0n) is 26.2. The van der Waals surface area contributed by atoms with Crippen molar-refractivity contribution in [1.82, 2.24) is 24.0 Å². The van der Waals surface area contributed by atoms with Gasteiger partial charge in [0, 0.05) is 54.4 Å². The minimum absolute atomic E-state index is 0.0104. The number of methoxy groups -OCH3 is 2. The van der Waals surface area contributed by atoms with E-state index < -0.39 is 6.09 Å². The van der Waals surface area contributed by atoms with Gasteiger partial charge in [-0.15, -0.1) is 0 Å². The van der Waals surface area contributed by atoms with Crippen LogP contribution in [0.1, 0.15) is 36.0 Å². The predicted octanol–water partition coefficient (Wildman–Crippen LogP) is 5.42. The number of anilines is 1. The molecule has 0 unspecified atom stereocenters. The van der Waals surface area contributed by atoms with Gasteiger partial charge in [-0.05, 0) is 80.0 Å². The lowest BCUT2D eigenvalue weighted by molar-refractivity contribution is 0.0700. The Morgan fingerprint density at radius 2 is 1.80 bits per heavy atom. The third-order valence-corrected chi connectivity index (χ3v) is 10.0. The van der Waals surface area contributed by atoms with Crippen molar-refractivity contribution >= 4 is 39.8 Å². The summed E-state index contributed by atoms with van der Waals surface area (Å²) >= 11 is 0. The number of fused-ring (bicyclic) bond motifs is 4. The summed E-state index contributed by atoms with van der Waals surface area (Å²) < 4.78 is 14.9. The Hall–Kier alpha value is -4.90. The number of piperidine rings is 1. The molecule has 4 heterocycles. The molecule has 3 N–H and O–H groups in total. The number of ether oxygens (including phenoxy) is 2. The highest BCUT2D eigenvalue weighted by molar-refractivity contribution is 6.00. The summed E-state index contributed by atoms with van der Waals surface area (Å²) in [6.07, 6.45) is 3.93. The number of rotatable bonds is 7. The maximum atomic E-state index is 13.7. The molecule has 3 aromatic heterocycles. The standard InChI is InChI=1S/C35H37N7O4/c1-40-31-26(14-23(16-29(31)45-2)34(43)42-18-22-9-13-27(42)30(22)36)39-33(40)28-15-21-8-12-25(38-32(21)41(28)17-19-4-5-19)20-6-10-24(11-7-20)37-35(44)46-3/h6-8,10-12,14-16,19,22,27,30H,4-5,9,13,17-18,36H2,1-3H3,(H,37,44)/t22-,27-,30-/m1/s1. The molecule has 5 aromatic rings. The van der Waals surface area contributed by atoms with Gasteiger partial charge in [-0.3, -0.25) is 10.1 Å². The van der Waals surface area contributed by atoms with Gasteiger partial charge in [0.05, 0.1) is 31.1 Å². The number of hydrogen-bond acceptors (Lipinski definition) is 7. The molecule has 2 aromatic carbocycles. The van der Waals surface area contributed by atoms with E-state index in [0.717, 1.165) is 58.7 Å². The zero-order chi connectivity index (χ0) is 31.7. The van der Waals surface area contributed by atoms with E-state index in [-0.39, 0.29) is 18.0 Å². The maximum Gasteiger partial charge on any atom is 0.411 e. The molecule has 1 aliphatic heterocycles. The van der Waals surface area contributed by atoms with Gasteiger partial charge in [-0.2, -0.15) is 0 Å². The minimum Gasteiger partial charge on any atom is -0.494 e. The van der Waals surface area contributed by atoms with Crippen LogP contribution < -0.4 is 15.8 Å². The minimum atomic E-state index is -0.511. The molecular formula is C35H37N7O4. The monoisotopic (exact) mass is 619 g/mol. The van der Waals surface area contributed by atoms with E-state index in [2.05, 4.69) is 26.6 Å². The summed E-state index contributed by atoms with van der Waals surface area (Å²) in [7, 11) is 4.97. The SMILES string of the molecule is COC(=O)Nc1ccc(-c2ccc3cc(-c4nc5cc(C(=O)N6C[C@H]7CC[C@@H]6[C@@H]7N)cc(OC)c5n4C)n(CC4CC4)c3n2)cc1. The Bertz CT molecular complexity index is 2010. The first-order valence-electron chi connectivity index (χ1n) is 15.9. The van der Waals surface area contributed by atoms with Crippen LogP contribution in [0.4, 0.5) is 10.5 Å². The lowest BCUT2D eigenvalue weighted by Gasteiger charge is -2.27. The molecular weight excluding hydrogens is 582 g/mol. The number of nitrogens with one attached hydrogen (secondary N) is 1. The molecule has 2 amide bonds. The van der Waals surface area contributed by atoms with Crippen LogP contribution in [0.25, 0.3) is 44.8 Å². The van der Waals surface area contributed by atoms with Crippen LogP contribution in [-0.4, -0.2) is 68.9 Å². The number of hydrogen-bond donors (Lipinski definition) is 2. The normalized spacial score (nSPS) is 20.5. The molecule has 3 fully saturated rings. The molecule has 0 radical (unpaired) electrons. The number of nitrogens with zero attached hydrogens (tertiary/aromatic N) is 5. The molecule has 11 nitrogen and oxygen atoms in total. The molecule has 2 bridgehead atoms. The second-order valence-corrected chi connectivity index (χ2v) is 12.9. The molecule has 2 aliphatic carbocycles. The molecule has 0 spiro atoms. The van der Waals surface area contributed by atoms with Crippen LogP contribution in [-0.2, 0) is 18.3 Å². The summed E-state index contributed by atoms with van der Waals surface area (Å²) in [5.74, 6) is 2.37. The average molecular weight is 620 g/mol. The highest BCUT2D eigenvalue weighted by atomic mass is 16.5. The molecule has 8 rings (SSSR count). The van der Waals surface area contributed by atoms with E-state index >= 15 is 0 Å². The quantitative estimate of drug-likeness (QED) is 0.249. The Morgan fingerprint density at radius 3 is 2.48 bits per heavy atom. The summed E-state index contributed by atoms with van der Waals surface area (Å²) in [5.41, 5.74) is 12.8. The van der Waals surface area contributed by atoms with Gasteiger partial charge in [-0.25, -0.2) is 14.8 Å². The van der Waals surface area contributed by atoms with E-state index in [4.69, 9.17) is 25.2 Å². The van der Waals surface area contributed by atoms with E-state index in [9.17, 15) is 9.59 Å². The van der Waals surface area contributed by atoms with Gasteiger partial charge in [-0.1, -0.05) is 12.1 Å². The van der Waals surface area contributed by atoms with Crippen LogP contribution in [0.15, 0.2) is 54.6 Å².